The topological polar surface area (TPSA) is 115 Å². The molecule has 2 aliphatic heterocycles. The molecule has 2 aliphatic rings. The van der Waals surface area contributed by atoms with E-state index in [0.717, 1.165) is 0 Å². The molecule has 44 heavy (non-hydrogen) atoms. The van der Waals surface area contributed by atoms with E-state index in [4.69, 9.17) is 0 Å². The van der Waals surface area contributed by atoms with Gasteiger partial charge in [0.05, 0.1) is 18.7 Å². The Bertz CT molecular complexity index is 1380. The van der Waals surface area contributed by atoms with Gasteiger partial charge in [0.2, 0.25) is 21.8 Å². The number of ketones is 2. The zero-order valence-corrected chi connectivity index (χ0v) is 27.1. The van der Waals surface area contributed by atoms with Crippen LogP contribution in [0.3, 0.4) is 0 Å². The highest BCUT2D eigenvalue weighted by atomic mass is 32.2. The first-order valence-electron chi connectivity index (χ1n) is 15.1. The normalized spacial score (nSPS) is 22.6. The first kappa shape index (κ1) is 33.5. The summed E-state index contributed by atoms with van der Waals surface area (Å²) in [7, 11) is 3.18. The summed E-state index contributed by atoms with van der Waals surface area (Å²) in [5.74, 6) is -2.49. The summed E-state index contributed by atoms with van der Waals surface area (Å²) < 4.78 is 26.1. The fraction of sp³-hybridized carbons (Fsp3) is 0.515. The monoisotopic (exact) mass is 624 g/mol. The van der Waals surface area contributed by atoms with Crippen LogP contribution >= 0.6 is 0 Å². The number of likely N-dealkylation sites (tertiary alicyclic amines) is 1. The van der Waals surface area contributed by atoms with Gasteiger partial charge in [-0.3, -0.25) is 24.1 Å². The number of nitrogens with zero attached hydrogens (tertiary/aromatic N) is 4. The van der Waals surface area contributed by atoms with E-state index >= 15 is 0 Å². The molecular formula is C33H44N4O6S. The number of amides is 2. The van der Waals surface area contributed by atoms with Gasteiger partial charge in [-0.25, -0.2) is 12.7 Å². The number of likely N-dealkylation sites (N-methyl/N-ethyl adjacent to an activating group) is 1. The van der Waals surface area contributed by atoms with Gasteiger partial charge in [0.1, 0.15) is 0 Å². The van der Waals surface area contributed by atoms with Crippen molar-refractivity contribution in [2.24, 2.45) is 23.7 Å². The maximum absolute atomic E-state index is 14.4. The molecule has 2 saturated heterocycles. The summed E-state index contributed by atoms with van der Waals surface area (Å²) >= 11 is 0. The summed E-state index contributed by atoms with van der Waals surface area (Å²) in [5, 5.41) is 0. The second-order valence-electron chi connectivity index (χ2n) is 12.4. The van der Waals surface area contributed by atoms with Crippen molar-refractivity contribution in [3.8, 4) is 0 Å². The van der Waals surface area contributed by atoms with Crippen molar-refractivity contribution < 1.29 is 27.6 Å². The van der Waals surface area contributed by atoms with Crippen molar-refractivity contribution in [1.29, 1.82) is 0 Å². The van der Waals surface area contributed by atoms with E-state index in [9.17, 15) is 27.6 Å². The van der Waals surface area contributed by atoms with Gasteiger partial charge in [0.25, 0.3) is 0 Å². The van der Waals surface area contributed by atoms with Crippen LogP contribution in [0, 0.1) is 23.7 Å². The molecule has 10 nitrogen and oxygen atoms in total. The van der Waals surface area contributed by atoms with E-state index in [1.165, 1.54) is 20.4 Å². The van der Waals surface area contributed by atoms with Crippen molar-refractivity contribution >= 4 is 33.4 Å². The van der Waals surface area contributed by atoms with E-state index in [1.807, 2.05) is 17.0 Å². The lowest BCUT2D eigenvalue weighted by Gasteiger charge is -2.49. The Hall–Kier alpha value is -3.41. The van der Waals surface area contributed by atoms with Crippen LogP contribution in [0.15, 0.2) is 60.7 Å². The third-order valence-corrected chi connectivity index (χ3v) is 10.4. The van der Waals surface area contributed by atoms with Gasteiger partial charge >= 0.3 is 0 Å². The quantitative estimate of drug-likeness (QED) is 0.373. The molecule has 11 heteroatoms. The largest absolute Gasteiger partial charge is 0.349 e. The van der Waals surface area contributed by atoms with E-state index in [2.05, 4.69) is 0 Å². The Morgan fingerprint density at radius 1 is 0.773 bits per heavy atom. The fourth-order valence-corrected chi connectivity index (χ4v) is 7.65. The van der Waals surface area contributed by atoms with E-state index in [1.54, 1.807) is 76.7 Å². The van der Waals surface area contributed by atoms with Crippen LogP contribution in [0.2, 0.25) is 0 Å². The number of benzene rings is 2. The van der Waals surface area contributed by atoms with Gasteiger partial charge in [0, 0.05) is 77.3 Å². The van der Waals surface area contributed by atoms with Crippen LogP contribution in [-0.4, -0.2) is 117 Å². The maximum Gasteiger partial charge on any atom is 0.239 e. The summed E-state index contributed by atoms with van der Waals surface area (Å²) in [5.41, 5.74) is 1.03. The van der Waals surface area contributed by atoms with E-state index < -0.39 is 27.9 Å². The Morgan fingerprint density at radius 2 is 1.23 bits per heavy atom. The molecule has 2 amide bonds. The first-order valence-corrected chi connectivity index (χ1v) is 16.9. The van der Waals surface area contributed by atoms with Crippen LogP contribution in [0.5, 0.6) is 0 Å². The van der Waals surface area contributed by atoms with Crippen molar-refractivity contribution in [1.82, 2.24) is 19.0 Å². The fourth-order valence-electron chi connectivity index (χ4n) is 6.77. The average molecular weight is 625 g/mol. The molecule has 4 rings (SSSR count). The van der Waals surface area contributed by atoms with E-state index in [-0.39, 0.29) is 54.7 Å². The van der Waals surface area contributed by atoms with Crippen molar-refractivity contribution in [3.63, 3.8) is 0 Å². The molecule has 2 heterocycles. The molecule has 3 atom stereocenters. The summed E-state index contributed by atoms with van der Waals surface area (Å²) in [4.78, 5) is 60.0. The molecule has 0 radical (unpaired) electrons. The molecule has 0 spiro atoms. The first-order chi connectivity index (χ1) is 20.8. The van der Waals surface area contributed by atoms with Crippen molar-refractivity contribution in [2.45, 2.75) is 25.3 Å². The molecular weight excluding hydrogens is 580 g/mol. The molecule has 238 valence electrons. The van der Waals surface area contributed by atoms with Crippen LogP contribution < -0.4 is 0 Å². The Labute approximate surface area is 261 Å². The maximum atomic E-state index is 14.4. The highest BCUT2D eigenvalue weighted by molar-refractivity contribution is 7.88. The number of hydrogen-bond donors (Lipinski definition) is 0. The number of carbonyl (C=O) groups is 4. The van der Waals surface area contributed by atoms with Gasteiger partial charge in [-0.05, 0) is 24.7 Å². The lowest BCUT2D eigenvalue weighted by atomic mass is 9.64. The number of piperidine rings is 2. The Morgan fingerprint density at radius 3 is 1.61 bits per heavy atom. The molecule has 0 N–H and O–H groups in total. The van der Waals surface area contributed by atoms with Crippen LogP contribution in [0.25, 0.3) is 0 Å². The second kappa shape index (κ2) is 14.1. The second-order valence-corrected chi connectivity index (χ2v) is 14.4. The Balaban J connectivity index is 1.82. The number of carbonyl (C=O) groups excluding carboxylic acids is 4. The standard InChI is InChI=1S/C33H44N4O6S/c1-34(2)29(38)20-28(33(41)35(3)4)36-21-26(31(39)24-12-8-6-9-13-24)30(23-16-18-37(19-17-23)44(5,42)43)27(22-36)32(40)25-14-10-7-11-15-25/h6-15,23,26-28,30H,16-22H2,1-5H3. The van der Waals surface area contributed by atoms with Crippen LogP contribution in [-0.2, 0) is 19.6 Å². The van der Waals surface area contributed by atoms with Crippen molar-refractivity contribution in [3.05, 3.63) is 71.8 Å². The SMILES string of the molecule is CN(C)C(=O)CC(C(=O)N(C)C)N1CC(C(=O)c2ccccc2)C(C2CCN(S(C)(=O)=O)CC2)C(C(=O)c2ccccc2)C1. The third kappa shape index (κ3) is 7.62. The zero-order chi connectivity index (χ0) is 32.2. The van der Waals surface area contributed by atoms with Gasteiger partial charge in [0.15, 0.2) is 11.6 Å². The molecule has 2 aromatic rings. The predicted molar refractivity (Wildman–Crippen MR) is 169 cm³/mol. The highest BCUT2D eigenvalue weighted by Crippen LogP contribution is 2.43. The zero-order valence-electron chi connectivity index (χ0n) is 26.3. The minimum Gasteiger partial charge on any atom is -0.349 e. The molecule has 0 saturated carbocycles. The molecule has 0 aromatic heterocycles. The minimum absolute atomic E-state index is 0.0834. The van der Waals surface area contributed by atoms with Crippen LogP contribution in [0.1, 0.15) is 40.0 Å². The van der Waals surface area contributed by atoms with Crippen LogP contribution in [0.4, 0.5) is 0 Å². The lowest BCUT2D eigenvalue weighted by molar-refractivity contribution is -0.142. The minimum atomic E-state index is -3.37. The average Bonchev–Trinajstić information content (AvgIpc) is 3.02. The predicted octanol–water partition coefficient (Wildman–Crippen LogP) is 2.52. The Kier molecular flexibility index (Phi) is 10.8. The van der Waals surface area contributed by atoms with Gasteiger partial charge in [-0.2, -0.15) is 0 Å². The molecule has 3 unspecified atom stereocenters. The smallest absolute Gasteiger partial charge is 0.239 e. The highest BCUT2D eigenvalue weighted by Gasteiger charge is 2.50. The summed E-state index contributed by atoms with van der Waals surface area (Å²) in [6, 6.07) is 17.1. The number of rotatable bonds is 10. The number of sulfonamides is 1. The molecule has 0 bridgehead atoms. The summed E-state index contributed by atoms with van der Waals surface area (Å²) in [6.07, 6.45) is 2.16. The number of Topliss-reactive ketones (excluding diaryl/α,β-unsaturated/α-hetero) is 2. The summed E-state index contributed by atoms with van der Waals surface area (Å²) in [6.45, 7) is 1.05. The molecule has 2 fully saturated rings. The van der Waals surface area contributed by atoms with E-state index in [0.29, 0.717) is 37.1 Å². The van der Waals surface area contributed by atoms with Gasteiger partial charge in [-0.1, -0.05) is 60.7 Å². The third-order valence-electron chi connectivity index (χ3n) is 9.13. The molecule has 2 aromatic carbocycles. The lowest BCUT2D eigenvalue weighted by Crippen LogP contribution is -2.60. The number of hydrogen-bond acceptors (Lipinski definition) is 7. The van der Waals surface area contributed by atoms with Gasteiger partial charge < -0.3 is 9.80 Å². The van der Waals surface area contributed by atoms with Gasteiger partial charge in [-0.15, -0.1) is 0 Å². The molecule has 0 aliphatic carbocycles. The van der Waals surface area contributed by atoms with Crippen molar-refractivity contribution in [2.75, 3.05) is 60.6 Å².